The lowest BCUT2D eigenvalue weighted by atomic mass is 10.1. The van der Waals surface area contributed by atoms with Gasteiger partial charge < -0.3 is 15.0 Å². The van der Waals surface area contributed by atoms with E-state index in [1.165, 1.54) is 50.3 Å². The Morgan fingerprint density at radius 1 is 1.03 bits per heavy atom. The van der Waals surface area contributed by atoms with Crippen LogP contribution in [0, 0.1) is 6.92 Å². The van der Waals surface area contributed by atoms with Crippen LogP contribution < -0.4 is 19.3 Å². The minimum Gasteiger partial charge on any atom is -0.495 e. The first-order valence-corrected chi connectivity index (χ1v) is 14.6. The molecule has 1 atom stereocenters. The average Bonchev–Trinajstić information content (AvgIpc) is 2.92. The maximum absolute atomic E-state index is 13.7. The molecule has 1 N–H and O–H groups in total. The molecule has 1 saturated heterocycles. The third kappa shape index (κ3) is 6.42. The van der Waals surface area contributed by atoms with Crippen LogP contribution in [0.4, 0.5) is 11.4 Å². The highest BCUT2D eigenvalue weighted by Gasteiger charge is 2.28. The van der Waals surface area contributed by atoms with E-state index < -0.39 is 22.5 Å². The molecule has 4 rings (SSSR count). The summed E-state index contributed by atoms with van der Waals surface area (Å²) in [7, 11) is -2.57. The van der Waals surface area contributed by atoms with Crippen LogP contribution in [0.3, 0.4) is 0 Å². The van der Waals surface area contributed by atoms with E-state index in [1.54, 1.807) is 24.3 Å². The molecule has 3 aromatic carbocycles. The number of nitrogens with one attached hydrogen (secondary N) is 1. The maximum atomic E-state index is 13.7. The number of anilines is 2. The number of hydrogen-bond donors (Lipinski definition) is 1. The number of methoxy groups -OCH3 is 1. The first-order chi connectivity index (χ1) is 18.2. The van der Waals surface area contributed by atoms with Gasteiger partial charge in [0.25, 0.3) is 10.0 Å². The smallest absolute Gasteiger partial charge is 0.264 e. The van der Waals surface area contributed by atoms with Crippen LogP contribution in [-0.4, -0.2) is 41.1 Å². The van der Waals surface area contributed by atoms with Gasteiger partial charge in [-0.3, -0.25) is 9.10 Å². The van der Waals surface area contributed by atoms with E-state index in [4.69, 9.17) is 16.3 Å². The average molecular weight is 556 g/mol. The zero-order valence-electron chi connectivity index (χ0n) is 22.0. The molecule has 7 nitrogen and oxygen atoms in total. The van der Waals surface area contributed by atoms with Gasteiger partial charge in [-0.2, -0.15) is 0 Å². The highest BCUT2D eigenvalue weighted by atomic mass is 35.5. The van der Waals surface area contributed by atoms with Crippen molar-refractivity contribution in [2.24, 2.45) is 0 Å². The molecule has 1 amide bonds. The Balaban J connectivity index is 1.54. The van der Waals surface area contributed by atoms with Gasteiger partial charge in [-0.05, 0) is 81.1 Å². The molecule has 3 aromatic rings. The summed E-state index contributed by atoms with van der Waals surface area (Å²) in [5.41, 5.74) is 3.32. The number of nitrogens with zero attached hydrogens (tertiary/aromatic N) is 2. The minimum absolute atomic E-state index is 0.0872. The van der Waals surface area contributed by atoms with Gasteiger partial charge in [0.05, 0.1) is 28.8 Å². The van der Waals surface area contributed by atoms with Gasteiger partial charge in [0, 0.05) is 18.8 Å². The fourth-order valence-electron chi connectivity index (χ4n) is 4.59. The second-order valence-corrected chi connectivity index (χ2v) is 11.8. The molecule has 1 unspecified atom stereocenters. The van der Waals surface area contributed by atoms with Gasteiger partial charge in [-0.1, -0.05) is 41.4 Å². The number of carbonyl (C=O) groups excluding carboxylic acids is 1. The van der Waals surface area contributed by atoms with E-state index in [0.29, 0.717) is 5.75 Å². The number of aryl methyl sites for hydroxylation is 1. The Bertz CT molecular complexity index is 1360. The number of sulfonamides is 1. The van der Waals surface area contributed by atoms with Gasteiger partial charge in [-0.25, -0.2) is 8.42 Å². The zero-order valence-corrected chi connectivity index (χ0v) is 23.6. The third-order valence-corrected chi connectivity index (χ3v) is 8.89. The van der Waals surface area contributed by atoms with Crippen LogP contribution >= 0.6 is 11.6 Å². The number of ether oxygens (including phenoxy) is 1. The quantitative estimate of drug-likeness (QED) is 0.365. The van der Waals surface area contributed by atoms with Crippen molar-refractivity contribution in [2.45, 2.75) is 44.0 Å². The van der Waals surface area contributed by atoms with Crippen LogP contribution in [0.5, 0.6) is 5.75 Å². The number of carbonyl (C=O) groups is 1. The van der Waals surface area contributed by atoms with Crippen LogP contribution in [0.25, 0.3) is 0 Å². The van der Waals surface area contributed by atoms with E-state index in [-0.39, 0.29) is 21.6 Å². The van der Waals surface area contributed by atoms with Gasteiger partial charge >= 0.3 is 0 Å². The Kier molecular flexibility index (Phi) is 8.84. The van der Waals surface area contributed by atoms with E-state index in [2.05, 4.69) is 22.3 Å². The molecule has 38 heavy (non-hydrogen) atoms. The van der Waals surface area contributed by atoms with E-state index in [9.17, 15) is 13.2 Å². The molecule has 0 bridgehead atoms. The molecule has 1 fully saturated rings. The SMILES string of the molecule is COc1ccc(N(CC(=O)NC(C)c2ccc(N3CCCCC3)cc2)S(=O)(=O)c2ccc(C)cc2)cc1Cl. The predicted octanol–water partition coefficient (Wildman–Crippen LogP) is 5.72. The predicted molar refractivity (Wildman–Crippen MR) is 153 cm³/mol. The lowest BCUT2D eigenvalue weighted by Crippen LogP contribution is -2.41. The van der Waals surface area contributed by atoms with Gasteiger partial charge in [0.1, 0.15) is 12.3 Å². The summed E-state index contributed by atoms with van der Waals surface area (Å²) in [5.74, 6) is -0.0191. The molecule has 202 valence electrons. The summed E-state index contributed by atoms with van der Waals surface area (Å²) in [6, 6.07) is 19.0. The van der Waals surface area contributed by atoms with Crippen molar-refractivity contribution in [1.29, 1.82) is 0 Å². The number of hydrogen-bond acceptors (Lipinski definition) is 5. The van der Waals surface area contributed by atoms with E-state index in [1.807, 2.05) is 26.0 Å². The van der Waals surface area contributed by atoms with Gasteiger partial charge in [0.15, 0.2) is 0 Å². The maximum Gasteiger partial charge on any atom is 0.264 e. The van der Waals surface area contributed by atoms with Crippen LogP contribution in [0.1, 0.15) is 43.4 Å². The van der Waals surface area contributed by atoms with Crippen LogP contribution in [0.15, 0.2) is 71.6 Å². The Morgan fingerprint density at radius 3 is 2.29 bits per heavy atom. The summed E-state index contributed by atoms with van der Waals surface area (Å²) in [6.45, 7) is 5.48. The Morgan fingerprint density at radius 2 is 1.68 bits per heavy atom. The molecule has 1 aliphatic heterocycles. The number of benzene rings is 3. The highest BCUT2D eigenvalue weighted by molar-refractivity contribution is 7.92. The second kappa shape index (κ2) is 12.1. The third-order valence-electron chi connectivity index (χ3n) is 6.81. The number of amides is 1. The van der Waals surface area contributed by atoms with Crippen molar-refractivity contribution in [3.05, 3.63) is 82.9 Å². The van der Waals surface area contributed by atoms with Crippen molar-refractivity contribution in [1.82, 2.24) is 5.32 Å². The molecule has 1 aliphatic rings. The normalized spacial score (nSPS) is 14.6. The largest absolute Gasteiger partial charge is 0.495 e. The number of halogens is 1. The molecule has 0 radical (unpaired) electrons. The van der Waals surface area contributed by atoms with Crippen LogP contribution in [0.2, 0.25) is 5.02 Å². The standard InChI is InChI=1S/C29H34ClN3O4S/c1-21-7-14-26(15-8-21)38(35,36)33(25-13-16-28(37-3)27(30)19-25)20-29(34)31-22(2)23-9-11-24(12-10-23)32-17-5-4-6-18-32/h7-16,19,22H,4-6,17-18,20H2,1-3H3,(H,31,34). The fraction of sp³-hybridized carbons (Fsp3) is 0.345. The zero-order chi connectivity index (χ0) is 27.3. The van der Waals surface area contributed by atoms with Crippen molar-refractivity contribution >= 4 is 38.9 Å². The Hall–Kier alpha value is -3.23. The number of piperidine rings is 1. The Labute approximate surface area is 230 Å². The molecular weight excluding hydrogens is 522 g/mol. The molecule has 9 heteroatoms. The summed E-state index contributed by atoms with van der Waals surface area (Å²) in [6.07, 6.45) is 3.68. The first-order valence-electron chi connectivity index (χ1n) is 12.8. The molecule has 0 spiro atoms. The number of rotatable bonds is 9. The fourth-order valence-corrected chi connectivity index (χ4v) is 6.25. The van der Waals surface area contributed by atoms with Crippen molar-refractivity contribution in [2.75, 3.05) is 35.9 Å². The monoisotopic (exact) mass is 555 g/mol. The van der Waals surface area contributed by atoms with Crippen molar-refractivity contribution in [3.63, 3.8) is 0 Å². The van der Waals surface area contributed by atoms with Gasteiger partial charge in [0.2, 0.25) is 5.91 Å². The molecule has 0 aromatic heterocycles. The summed E-state index contributed by atoms with van der Waals surface area (Å²) in [4.78, 5) is 15.6. The topological polar surface area (TPSA) is 79.0 Å². The van der Waals surface area contributed by atoms with Crippen molar-refractivity contribution in [3.8, 4) is 5.75 Å². The summed E-state index contributed by atoms with van der Waals surface area (Å²) in [5, 5.41) is 3.20. The lowest BCUT2D eigenvalue weighted by molar-refractivity contribution is -0.120. The molecule has 0 saturated carbocycles. The summed E-state index contributed by atoms with van der Waals surface area (Å²) >= 11 is 6.31. The first kappa shape index (κ1) is 27.8. The summed E-state index contributed by atoms with van der Waals surface area (Å²) < 4.78 is 33.6. The van der Waals surface area contributed by atoms with Crippen LogP contribution in [-0.2, 0) is 14.8 Å². The minimum atomic E-state index is -4.05. The van der Waals surface area contributed by atoms with Crippen molar-refractivity contribution < 1.29 is 17.9 Å². The molecule has 1 heterocycles. The highest BCUT2D eigenvalue weighted by Crippen LogP contribution is 2.32. The van der Waals surface area contributed by atoms with Gasteiger partial charge in [-0.15, -0.1) is 0 Å². The molecule has 0 aliphatic carbocycles. The molecular formula is C29H34ClN3O4S. The lowest BCUT2D eigenvalue weighted by Gasteiger charge is -2.29. The van der Waals surface area contributed by atoms with E-state index in [0.717, 1.165) is 28.5 Å². The van der Waals surface area contributed by atoms with E-state index >= 15 is 0 Å². The second-order valence-electron chi connectivity index (χ2n) is 9.57.